The van der Waals surface area contributed by atoms with Crippen LogP contribution in [0.1, 0.15) is 27.9 Å². The minimum absolute atomic E-state index is 0.0310. The summed E-state index contributed by atoms with van der Waals surface area (Å²) in [5.74, 6) is 1.09. The number of phenols is 1. The number of methoxy groups -OCH3 is 1. The van der Waals surface area contributed by atoms with E-state index < -0.39 is 0 Å². The highest BCUT2D eigenvalue weighted by atomic mass is 16.5. The van der Waals surface area contributed by atoms with Gasteiger partial charge in [0.05, 0.1) is 19.3 Å². The number of rotatable bonds is 2. The number of aromatic hydroxyl groups is 1. The van der Waals surface area contributed by atoms with Crippen molar-refractivity contribution < 1.29 is 19.4 Å². The van der Waals surface area contributed by atoms with Crippen molar-refractivity contribution in [2.24, 2.45) is 0 Å². The smallest absolute Gasteiger partial charge is 0.192 e. The highest BCUT2D eigenvalue weighted by molar-refractivity contribution is 6.13. The number of hydrogen-bond donors (Lipinski definition) is 1. The number of aryl methyl sites for hydroxylation is 1. The van der Waals surface area contributed by atoms with Crippen molar-refractivity contribution in [3.8, 4) is 17.2 Å². The van der Waals surface area contributed by atoms with Crippen molar-refractivity contribution in [3.05, 3.63) is 58.7 Å². The summed E-state index contributed by atoms with van der Waals surface area (Å²) < 4.78 is 10.8. The molecule has 118 valence electrons. The number of carbonyl (C=O) groups is 1. The molecule has 1 N–H and O–H groups in total. The first-order valence-electron chi connectivity index (χ1n) is 7.45. The molecule has 0 fully saturated rings. The third kappa shape index (κ3) is 2.93. The van der Waals surface area contributed by atoms with Crippen LogP contribution in [0.15, 0.2) is 42.0 Å². The van der Waals surface area contributed by atoms with Crippen LogP contribution in [0, 0.1) is 6.92 Å². The topological polar surface area (TPSA) is 55.8 Å². The normalized spacial score (nSPS) is 15.7. The molecule has 4 nitrogen and oxygen atoms in total. The van der Waals surface area contributed by atoms with Gasteiger partial charge in [-0.3, -0.25) is 4.79 Å². The number of benzene rings is 2. The fourth-order valence-electron chi connectivity index (χ4n) is 2.71. The molecule has 0 saturated carbocycles. The van der Waals surface area contributed by atoms with Crippen molar-refractivity contribution in [2.75, 3.05) is 13.7 Å². The lowest BCUT2D eigenvalue weighted by atomic mass is 9.97. The van der Waals surface area contributed by atoms with E-state index in [9.17, 15) is 9.90 Å². The van der Waals surface area contributed by atoms with E-state index >= 15 is 0 Å². The molecule has 1 heterocycles. The molecule has 23 heavy (non-hydrogen) atoms. The van der Waals surface area contributed by atoms with E-state index in [1.165, 1.54) is 7.11 Å². The molecule has 0 amide bonds. The molecular weight excluding hydrogens is 292 g/mol. The zero-order valence-corrected chi connectivity index (χ0v) is 13.1. The van der Waals surface area contributed by atoms with Crippen LogP contribution in [0.4, 0.5) is 0 Å². The minimum Gasteiger partial charge on any atom is -0.504 e. The second-order valence-electron chi connectivity index (χ2n) is 5.48. The monoisotopic (exact) mass is 310 g/mol. The van der Waals surface area contributed by atoms with Gasteiger partial charge in [-0.15, -0.1) is 0 Å². The van der Waals surface area contributed by atoms with Gasteiger partial charge in [0.2, 0.25) is 0 Å². The zero-order valence-electron chi connectivity index (χ0n) is 13.1. The summed E-state index contributed by atoms with van der Waals surface area (Å²) in [6.07, 6.45) is 2.32. The van der Waals surface area contributed by atoms with E-state index in [2.05, 4.69) is 0 Å². The maximum Gasteiger partial charge on any atom is 0.192 e. The Bertz CT molecular complexity index is 790. The number of ketones is 1. The maximum absolute atomic E-state index is 12.8. The predicted octanol–water partition coefficient (Wildman–Crippen LogP) is 3.76. The zero-order chi connectivity index (χ0) is 16.4. The van der Waals surface area contributed by atoms with Crippen molar-refractivity contribution in [3.63, 3.8) is 0 Å². The Morgan fingerprint density at radius 2 is 2.09 bits per heavy atom. The summed E-state index contributed by atoms with van der Waals surface area (Å²) in [5, 5.41) is 9.87. The second kappa shape index (κ2) is 6.16. The van der Waals surface area contributed by atoms with Crippen molar-refractivity contribution in [1.82, 2.24) is 0 Å². The van der Waals surface area contributed by atoms with Gasteiger partial charge in [-0.05, 0) is 42.3 Å². The van der Waals surface area contributed by atoms with Crippen LogP contribution in [0.2, 0.25) is 0 Å². The van der Waals surface area contributed by atoms with Gasteiger partial charge in [-0.25, -0.2) is 0 Å². The number of fused-ring (bicyclic) bond motifs is 1. The summed E-state index contributed by atoms with van der Waals surface area (Å²) >= 11 is 0. The van der Waals surface area contributed by atoms with Crippen LogP contribution in [-0.2, 0) is 0 Å². The molecule has 4 heteroatoms. The average Bonchev–Trinajstić information content (AvgIpc) is 2.69. The fourth-order valence-corrected chi connectivity index (χ4v) is 2.71. The van der Waals surface area contributed by atoms with Gasteiger partial charge in [-0.2, -0.15) is 0 Å². The summed E-state index contributed by atoms with van der Waals surface area (Å²) in [6, 6.07) is 10.6. The fraction of sp³-hybridized carbons (Fsp3) is 0.211. The van der Waals surface area contributed by atoms with Crippen LogP contribution in [0.3, 0.4) is 0 Å². The molecular formula is C19H18O4. The van der Waals surface area contributed by atoms with E-state index in [1.807, 2.05) is 25.1 Å². The van der Waals surface area contributed by atoms with E-state index in [0.717, 1.165) is 11.1 Å². The van der Waals surface area contributed by atoms with Crippen molar-refractivity contribution in [1.29, 1.82) is 0 Å². The van der Waals surface area contributed by atoms with Gasteiger partial charge >= 0.3 is 0 Å². The molecule has 0 spiro atoms. The second-order valence-corrected chi connectivity index (χ2v) is 5.48. The Hall–Kier alpha value is -2.75. The first-order valence-corrected chi connectivity index (χ1v) is 7.45. The van der Waals surface area contributed by atoms with E-state index in [1.54, 1.807) is 24.3 Å². The van der Waals surface area contributed by atoms with Crippen LogP contribution in [0.5, 0.6) is 17.2 Å². The number of hydrogen-bond acceptors (Lipinski definition) is 4. The predicted molar refractivity (Wildman–Crippen MR) is 88.3 cm³/mol. The van der Waals surface area contributed by atoms with E-state index in [4.69, 9.17) is 9.47 Å². The van der Waals surface area contributed by atoms with Gasteiger partial charge in [-0.1, -0.05) is 18.2 Å². The highest BCUT2D eigenvalue weighted by Gasteiger charge is 2.22. The highest BCUT2D eigenvalue weighted by Crippen LogP contribution is 2.32. The summed E-state index contributed by atoms with van der Waals surface area (Å²) in [5.41, 5.74) is 2.97. The average molecular weight is 310 g/mol. The van der Waals surface area contributed by atoms with Crippen LogP contribution in [-0.4, -0.2) is 24.6 Å². The molecule has 0 radical (unpaired) electrons. The molecule has 0 aromatic heterocycles. The lowest BCUT2D eigenvalue weighted by Gasteiger charge is -2.08. The molecule has 0 saturated heterocycles. The third-order valence-electron chi connectivity index (χ3n) is 3.91. The lowest BCUT2D eigenvalue weighted by molar-refractivity contribution is 0.103. The Morgan fingerprint density at radius 1 is 1.26 bits per heavy atom. The Labute approximate surface area is 135 Å². The molecule has 0 unspecified atom stereocenters. The number of carbonyl (C=O) groups excluding carboxylic acids is 1. The largest absolute Gasteiger partial charge is 0.504 e. The maximum atomic E-state index is 12.8. The van der Waals surface area contributed by atoms with Crippen molar-refractivity contribution >= 4 is 11.9 Å². The summed E-state index contributed by atoms with van der Waals surface area (Å²) in [7, 11) is 1.50. The van der Waals surface area contributed by atoms with Gasteiger partial charge in [0, 0.05) is 12.0 Å². The SMILES string of the molecule is COc1ccc(/C=C2/CCOc3c(C)cccc3C2=O)cc1O. The van der Waals surface area contributed by atoms with Crippen LogP contribution < -0.4 is 9.47 Å². The first kappa shape index (κ1) is 15.2. The van der Waals surface area contributed by atoms with Gasteiger partial charge in [0.15, 0.2) is 17.3 Å². The Kier molecular flexibility index (Phi) is 4.06. The van der Waals surface area contributed by atoms with Crippen LogP contribution in [0.25, 0.3) is 6.08 Å². The van der Waals surface area contributed by atoms with Gasteiger partial charge in [0.1, 0.15) is 5.75 Å². The minimum atomic E-state index is -0.0310. The van der Waals surface area contributed by atoms with Crippen LogP contribution >= 0.6 is 0 Å². The van der Waals surface area contributed by atoms with Gasteiger partial charge in [0.25, 0.3) is 0 Å². The molecule has 0 bridgehead atoms. The van der Waals surface area contributed by atoms with E-state index in [0.29, 0.717) is 35.7 Å². The molecule has 2 aromatic carbocycles. The van der Waals surface area contributed by atoms with Crippen molar-refractivity contribution in [2.45, 2.75) is 13.3 Å². The number of ether oxygens (including phenoxy) is 2. The quantitative estimate of drug-likeness (QED) is 0.858. The number of Topliss-reactive ketones (excluding diaryl/α,β-unsaturated/α-hetero) is 1. The molecule has 1 aliphatic rings. The first-order chi connectivity index (χ1) is 11.1. The summed E-state index contributed by atoms with van der Waals surface area (Å²) in [4.78, 5) is 12.8. The van der Waals surface area contributed by atoms with Gasteiger partial charge < -0.3 is 14.6 Å². The number of para-hydroxylation sites is 1. The molecule has 1 aliphatic heterocycles. The molecule has 0 aliphatic carbocycles. The lowest BCUT2D eigenvalue weighted by Crippen LogP contribution is -2.02. The molecule has 0 atom stereocenters. The Morgan fingerprint density at radius 3 is 2.83 bits per heavy atom. The third-order valence-corrected chi connectivity index (χ3v) is 3.91. The molecule has 3 rings (SSSR count). The number of phenolic OH excluding ortho intramolecular Hbond substituents is 1. The summed E-state index contributed by atoms with van der Waals surface area (Å²) in [6.45, 7) is 2.39. The Balaban J connectivity index is 2.00. The molecule has 2 aromatic rings. The standard InChI is InChI=1S/C19H18O4/c1-12-4-3-5-15-18(21)14(8-9-23-19(12)15)10-13-6-7-17(22-2)16(20)11-13/h3-7,10-11,20H,8-9H2,1-2H3/b14-10-. The van der Waals surface area contributed by atoms with E-state index in [-0.39, 0.29) is 11.5 Å².